The smallest absolute Gasteiger partial charge is 0.341 e. The van der Waals surface area contributed by atoms with Gasteiger partial charge in [-0.3, -0.25) is 4.79 Å². The lowest BCUT2D eigenvalue weighted by Gasteiger charge is -2.33. The van der Waals surface area contributed by atoms with Crippen molar-refractivity contribution in [3.8, 4) is 5.75 Å². The monoisotopic (exact) mass is 485 g/mol. The Bertz CT molecular complexity index is 972. The first-order valence-corrected chi connectivity index (χ1v) is 13.4. The zero-order valence-corrected chi connectivity index (χ0v) is 22.1. The molecule has 5 nitrogen and oxygen atoms in total. The van der Waals surface area contributed by atoms with Gasteiger partial charge in [-0.05, 0) is 73.6 Å². The summed E-state index contributed by atoms with van der Waals surface area (Å²) in [5.41, 5.74) is 3.14. The van der Waals surface area contributed by atoms with Crippen molar-refractivity contribution >= 4 is 28.2 Å². The molecular formula is C28H39NO4S. The minimum atomic E-state index is -0.334. The molecule has 1 aliphatic carbocycles. The van der Waals surface area contributed by atoms with E-state index in [1.54, 1.807) is 11.3 Å². The third-order valence-electron chi connectivity index (χ3n) is 6.50. The molecule has 0 bridgehead atoms. The summed E-state index contributed by atoms with van der Waals surface area (Å²) in [5.74, 6) is 0.951. The van der Waals surface area contributed by atoms with Crippen molar-refractivity contribution in [3.05, 3.63) is 45.8 Å². The lowest BCUT2D eigenvalue weighted by atomic mass is 9.72. The maximum absolute atomic E-state index is 12.8. The summed E-state index contributed by atoms with van der Waals surface area (Å²) in [7, 11) is 0. The van der Waals surface area contributed by atoms with Crippen LogP contribution in [0.4, 0.5) is 5.00 Å². The van der Waals surface area contributed by atoms with Crippen molar-refractivity contribution in [3.63, 3.8) is 0 Å². The molecule has 1 heterocycles. The molecule has 1 amide bonds. The number of benzene rings is 1. The normalized spacial score (nSPS) is 15.5. The second-order valence-corrected chi connectivity index (χ2v) is 11.2. The van der Waals surface area contributed by atoms with Crippen LogP contribution in [-0.4, -0.2) is 25.1 Å². The summed E-state index contributed by atoms with van der Waals surface area (Å²) in [6, 6.07) is 8.14. The first-order chi connectivity index (χ1) is 16.2. The molecule has 6 heteroatoms. The summed E-state index contributed by atoms with van der Waals surface area (Å²) in [6.45, 7) is 11.6. The van der Waals surface area contributed by atoms with Crippen LogP contribution in [0.5, 0.6) is 5.75 Å². The van der Waals surface area contributed by atoms with Gasteiger partial charge < -0.3 is 14.8 Å². The second-order valence-electron chi connectivity index (χ2n) is 10.1. The van der Waals surface area contributed by atoms with E-state index in [0.717, 1.165) is 43.4 Å². The topological polar surface area (TPSA) is 64.6 Å². The Hall–Kier alpha value is -2.34. The van der Waals surface area contributed by atoms with Gasteiger partial charge in [0.05, 0.1) is 18.8 Å². The zero-order valence-electron chi connectivity index (χ0n) is 21.3. The van der Waals surface area contributed by atoms with E-state index in [9.17, 15) is 9.59 Å². The average Bonchev–Trinajstić information content (AvgIpc) is 3.14. The first kappa shape index (κ1) is 26.3. The summed E-state index contributed by atoms with van der Waals surface area (Å²) in [4.78, 5) is 26.7. The highest BCUT2D eigenvalue weighted by atomic mass is 32.1. The second kappa shape index (κ2) is 11.9. The van der Waals surface area contributed by atoms with Gasteiger partial charge in [-0.2, -0.15) is 0 Å². The van der Waals surface area contributed by atoms with Gasteiger partial charge in [-0.25, -0.2) is 4.79 Å². The van der Waals surface area contributed by atoms with Gasteiger partial charge in [0, 0.05) is 11.3 Å². The van der Waals surface area contributed by atoms with Crippen molar-refractivity contribution in [1.82, 2.24) is 0 Å². The lowest BCUT2D eigenvalue weighted by Crippen LogP contribution is -2.26. The number of amides is 1. The van der Waals surface area contributed by atoms with Gasteiger partial charge in [0.25, 0.3) is 0 Å². The molecule has 0 saturated heterocycles. The quantitative estimate of drug-likeness (QED) is 0.296. The highest BCUT2D eigenvalue weighted by Crippen LogP contribution is 2.44. The summed E-state index contributed by atoms with van der Waals surface area (Å²) in [5, 5.41) is 3.64. The number of esters is 1. The molecule has 1 N–H and O–H groups in total. The Morgan fingerprint density at radius 1 is 1.15 bits per heavy atom. The van der Waals surface area contributed by atoms with Gasteiger partial charge >= 0.3 is 5.97 Å². The number of carbonyl (C=O) groups is 2. The van der Waals surface area contributed by atoms with Crippen molar-refractivity contribution in [2.45, 2.75) is 79.6 Å². The molecule has 1 aliphatic rings. The van der Waals surface area contributed by atoms with E-state index in [4.69, 9.17) is 9.47 Å². The minimum absolute atomic E-state index is 0.0987. The van der Waals surface area contributed by atoms with Crippen molar-refractivity contribution in [1.29, 1.82) is 0 Å². The Balaban J connectivity index is 1.59. The van der Waals surface area contributed by atoms with Crippen LogP contribution in [0, 0.1) is 11.3 Å². The van der Waals surface area contributed by atoms with Crippen molar-refractivity contribution in [2.75, 3.05) is 18.5 Å². The molecule has 0 saturated carbocycles. The number of aryl methyl sites for hydroxylation is 1. The number of fused-ring (bicyclic) bond motifs is 1. The van der Waals surface area contributed by atoms with Gasteiger partial charge in [0.2, 0.25) is 5.91 Å². The average molecular weight is 486 g/mol. The Morgan fingerprint density at radius 3 is 2.53 bits per heavy atom. The van der Waals surface area contributed by atoms with Crippen LogP contribution in [0.2, 0.25) is 0 Å². The molecule has 3 rings (SSSR count). The number of hydrogen-bond donors (Lipinski definition) is 1. The molecule has 34 heavy (non-hydrogen) atoms. The third kappa shape index (κ3) is 6.84. The zero-order chi connectivity index (χ0) is 24.7. The Labute approximate surface area is 208 Å². The fraction of sp³-hybridized carbons (Fsp3) is 0.571. The molecule has 0 aliphatic heterocycles. The number of nitrogens with one attached hydrogen (secondary N) is 1. The lowest BCUT2D eigenvalue weighted by molar-refractivity contribution is -0.116. The predicted molar refractivity (Wildman–Crippen MR) is 139 cm³/mol. The van der Waals surface area contributed by atoms with E-state index in [-0.39, 0.29) is 17.3 Å². The molecule has 0 fully saturated rings. The molecule has 2 aromatic rings. The number of thiophene rings is 1. The number of ether oxygens (including phenoxy) is 2. The first-order valence-electron chi connectivity index (χ1n) is 12.6. The van der Waals surface area contributed by atoms with Crippen molar-refractivity contribution < 1.29 is 19.1 Å². The predicted octanol–water partition coefficient (Wildman–Crippen LogP) is 6.83. The van der Waals surface area contributed by atoms with Crippen LogP contribution in [0.15, 0.2) is 24.3 Å². The molecule has 1 aromatic carbocycles. The third-order valence-corrected chi connectivity index (χ3v) is 7.67. The van der Waals surface area contributed by atoms with Crippen LogP contribution in [0.25, 0.3) is 0 Å². The van der Waals surface area contributed by atoms with Crippen LogP contribution >= 0.6 is 11.3 Å². The van der Waals surface area contributed by atoms with E-state index in [1.165, 1.54) is 10.4 Å². The summed E-state index contributed by atoms with van der Waals surface area (Å²) < 4.78 is 11.1. The fourth-order valence-electron chi connectivity index (χ4n) is 4.49. The van der Waals surface area contributed by atoms with Crippen LogP contribution in [0.3, 0.4) is 0 Å². The van der Waals surface area contributed by atoms with Gasteiger partial charge in [-0.1, -0.05) is 46.2 Å². The fourth-order valence-corrected chi connectivity index (χ4v) is 5.82. The summed E-state index contributed by atoms with van der Waals surface area (Å²) in [6.07, 6.45) is 5.97. The largest absolute Gasteiger partial charge is 0.494 e. The molecule has 0 radical (unpaired) electrons. The minimum Gasteiger partial charge on any atom is -0.494 e. The SMILES string of the molecule is CCCc1ccc(OCCCC(=O)Nc2sc3c(c2C(=O)OCC)CCC(C(C)(C)C)C3)cc1. The molecule has 1 unspecified atom stereocenters. The van der Waals surface area contributed by atoms with Crippen LogP contribution in [-0.2, 0) is 28.8 Å². The Kier molecular flexibility index (Phi) is 9.17. The standard InChI is InChI=1S/C28H39NO4S/c1-6-9-19-11-14-21(15-12-19)33-17-8-10-24(30)29-26-25(27(31)32-7-2)22-16-13-20(28(3,4)5)18-23(22)34-26/h11-12,14-15,20H,6-10,13,16-18H2,1-5H3,(H,29,30). The van der Waals surface area contributed by atoms with E-state index >= 15 is 0 Å². The number of rotatable bonds is 10. The van der Waals surface area contributed by atoms with E-state index in [1.807, 2.05) is 19.1 Å². The van der Waals surface area contributed by atoms with Crippen LogP contribution in [0.1, 0.15) is 86.7 Å². The van der Waals surface area contributed by atoms with E-state index < -0.39 is 0 Å². The van der Waals surface area contributed by atoms with Gasteiger partial charge in [0.15, 0.2) is 0 Å². The molecule has 0 spiro atoms. The van der Waals surface area contributed by atoms with Crippen LogP contribution < -0.4 is 10.1 Å². The van der Waals surface area contributed by atoms with E-state index in [0.29, 0.717) is 42.5 Å². The number of hydrogen-bond acceptors (Lipinski definition) is 5. The Morgan fingerprint density at radius 2 is 1.88 bits per heavy atom. The highest BCUT2D eigenvalue weighted by molar-refractivity contribution is 7.17. The molecule has 186 valence electrons. The maximum atomic E-state index is 12.8. The van der Waals surface area contributed by atoms with Gasteiger partial charge in [0.1, 0.15) is 10.8 Å². The number of carbonyl (C=O) groups excluding carboxylic acids is 2. The van der Waals surface area contributed by atoms with E-state index in [2.05, 4.69) is 45.1 Å². The number of anilines is 1. The summed E-state index contributed by atoms with van der Waals surface area (Å²) >= 11 is 1.54. The highest BCUT2D eigenvalue weighted by Gasteiger charge is 2.34. The van der Waals surface area contributed by atoms with Gasteiger partial charge in [-0.15, -0.1) is 11.3 Å². The van der Waals surface area contributed by atoms with Crippen molar-refractivity contribution in [2.24, 2.45) is 11.3 Å². The maximum Gasteiger partial charge on any atom is 0.341 e. The molecular weight excluding hydrogens is 446 g/mol. The molecule has 1 atom stereocenters. The molecule has 1 aromatic heterocycles.